The van der Waals surface area contributed by atoms with Gasteiger partial charge < -0.3 is 10.1 Å². The van der Waals surface area contributed by atoms with Crippen LogP contribution in [-0.2, 0) is 9.53 Å². The molecular weight excluding hydrogens is 274 g/mol. The van der Waals surface area contributed by atoms with Crippen LogP contribution in [0.3, 0.4) is 0 Å². The lowest BCUT2D eigenvalue weighted by Gasteiger charge is -2.20. The summed E-state index contributed by atoms with van der Waals surface area (Å²) in [4.78, 5) is 11.9. The molecule has 1 aromatic heterocycles. The van der Waals surface area contributed by atoms with Crippen LogP contribution < -0.4 is 5.32 Å². The van der Waals surface area contributed by atoms with E-state index in [-0.39, 0.29) is 12.0 Å². The second kappa shape index (κ2) is 7.69. The van der Waals surface area contributed by atoms with Gasteiger partial charge in [0.25, 0.3) is 0 Å². The minimum absolute atomic E-state index is 0.0448. The zero-order chi connectivity index (χ0) is 14.4. The number of rotatable bonds is 6. The molecule has 0 spiro atoms. The molecule has 20 heavy (non-hydrogen) atoms. The second-order valence-corrected chi connectivity index (χ2v) is 6.42. The van der Waals surface area contributed by atoms with Crippen molar-refractivity contribution in [1.82, 2.24) is 10.2 Å². The smallest absolute Gasteiger partial charge is 0.226 e. The molecule has 1 fully saturated rings. The van der Waals surface area contributed by atoms with Crippen molar-refractivity contribution in [2.45, 2.75) is 58.0 Å². The average Bonchev–Trinajstić information content (AvgIpc) is 2.94. The average molecular weight is 297 g/mol. The van der Waals surface area contributed by atoms with Crippen LogP contribution in [0.15, 0.2) is 0 Å². The molecule has 0 aliphatic heterocycles. The van der Waals surface area contributed by atoms with Crippen LogP contribution in [0.5, 0.6) is 0 Å². The minimum atomic E-state index is -0.0830. The van der Waals surface area contributed by atoms with E-state index >= 15 is 0 Å². The molecule has 0 radical (unpaired) electrons. The Morgan fingerprint density at radius 1 is 1.40 bits per heavy atom. The molecule has 1 heterocycles. The van der Waals surface area contributed by atoms with Crippen molar-refractivity contribution >= 4 is 22.4 Å². The monoisotopic (exact) mass is 297 g/mol. The largest absolute Gasteiger partial charge is 0.374 e. The molecule has 1 saturated carbocycles. The summed E-state index contributed by atoms with van der Waals surface area (Å²) >= 11 is 1.38. The number of nitrogens with one attached hydrogen (secondary N) is 1. The van der Waals surface area contributed by atoms with Crippen molar-refractivity contribution in [3.63, 3.8) is 0 Å². The van der Waals surface area contributed by atoms with Crippen LogP contribution in [0.2, 0.25) is 0 Å². The van der Waals surface area contributed by atoms with E-state index in [0.29, 0.717) is 11.6 Å². The molecule has 0 saturated heterocycles. The lowest BCUT2D eigenvalue weighted by molar-refractivity contribution is -0.116. The van der Waals surface area contributed by atoms with E-state index in [9.17, 15) is 4.79 Å². The highest BCUT2D eigenvalue weighted by molar-refractivity contribution is 7.15. The summed E-state index contributed by atoms with van der Waals surface area (Å²) in [5.74, 6) is 0.774. The van der Waals surface area contributed by atoms with Crippen molar-refractivity contribution < 1.29 is 9.53 Å². The van der Waals surface area contributed by atoms with Gasteiger partial charge in [0.2, 0.25) is 11.0 Å². The maximum absolute atomic E-state index is 11.9. The summed E-state index contributed by atoms with van der Waals surface area (Å²) in [6, 6.07) is 0. The van der Waals surface area contributed by atoms with Crippen molar-refractivity contribution in [2.75, 3.05) is 12.4 Å². The van der Waals surface area contributed by atoms with E-state index < -0.39 is 0 Å². The van der Waals surface area contributed by atoms with Crippen molar-refractivity contribution in [2.24, 2.45) is 5.92 Å². The standard InChI is InChI=1S/C14H23N3O2S/c1-10(19-2)13-16-17-14(20-13)15-12(18)9-8-11-6-4-3-5-7-11/h10-11H,3-9H2,1-2H3,(H,15,17,18). The number of anilines is 1. The molecular formula is C14H23N3O2S. The molecule has 1 aliphatic rings. The first-order valence-electron chi connectivity index (χ1n) is 7.35. The first kappa shape index (κ1) is 15.4. The van der Waals surface area contributed by atoms with Gasteiger partial charge in [0.1, 0.15) is 11.1 Å². The topological polar surface area (TPSA) is 64.1 Å². The molecule has 1 unspecified atom stereocenters. The summed E-state index contributed by atoms with van der Waals surface area (Å²) in [6.45, 7) is 1.91. The number of aromatic nitrogens is 2. The first-order valence-corrected chi connectivity index (χ1v) is 8.16. The molecule has 5 nitrogen and oxygen atoms in total. The normalized spacial score (nSPS) is 17.9. The summed E-state index contributed by atoms with van der Waals surface area (Å²) in [5, 5.41) is 12.2. The van der Waals surface area contributed by atoms with Crippen LogP contribution in [0, 0.1) is 5.92 Å². The number of methoxy groups -OCH3 is 1. The van der Waals surface area contributed by atoms with Gasteiger partial charge in [-0.15, -0.1) is 10.2 Å². The van der Waals surface area contributed by atoms with Crippen LogP contribution in [-0.4, -0.2) is 23.2 Å². The Labute approximate surface area is 124 Å². The lowest BCUT2D eigenvalue weighted by Crippen LogP contribution is -2.14. The molecule has 1 aliphatic carbocycles. The minimum Gasteiger partial charge on any atom is -0.374 e. The Hall–Kier alpha value is -1.01. The van der Waals surface area contributed by atoms with Gasteiger partial charge in [-0.1, -0.05) is 43.4 Å². The van der Waals surface area contributed by atoms with Gasteiger partial charge in [-0.05, 0) is 19.3 Å². The van der Waals surface area contributed by atoms with E-state index in [1.54, 1.807) is 7.11 Å². The van der Waals surface area contributed by atoms with Crippen molar-refractivity contribution in [3.05, 3.63) is 5.01 Å². The first-order chi connectivity index (χ1) is 9.69. The fourth-order valence-electron chi connectivity index (χ4n) is 2.54. The maximum atomic E-state index is 11.9. The predicted octanol–water partition coefficient (Wildman–Crippen LogP) is 3.54. The molecule has 0 bridgehead atoms. The number of hydrogen-bond acceptors (Lipinski definition) is 5. The van der Waals surface area contributed by atoms with Gasteiger partial charge in [0, 0.05) is 13.5 Å². The Balaban J connectivity index is 1.74. The van der Waals surface area contributed by atoms with E-state index in [4.69, 9.17) is 4.74 Å². The van der Waals surface area contributed by atoms with Gasteiger partial charge in [0.15, 0.2) is 0 Å². The Morgan fingerprint density at radius 3 is 2.85 bits per heavy atom. The van der Waals surface area contributed by atoms with Gasteiger partial charge in [0.05, 0.1) is 0 Å². The summed E-state index contributed by atoms with van der Waals surface area (Å²) in [6.07, 6.45) is 8.05. The Kier molecular flexibility index (Phi) is 5.91. The van der Waals surface area contributed by atoms with E-state index in [1.807, 2.05) is 6.92 Å². The molecule has 112 valence electrons. The predicted molar refractivity (Wildman–Crippen MR) is 79.8 cm³/mol. The summed E-state index contributed by atoms with van der Waals surface area (Å²) in [5.41, 5.74) is 0. The fourth-order valence-corrected chi connectivity index (χ4v) is 3.33. The third-order valence-electron chi connectivity index (χ3n) is 3.89. The number of carbonyl (C=O) groups is 1. The van der Waals surface area contributed by atoms with Crippen LogP contribution >= 0.6 is 11.3 Å². The van der Waals surface area contributed by atoms with Crippen LogP contribution in [0.25, 0.3) is 0 Å². The molecule has 2 rings (SSSR count). The quantitative estimate of drug-likeness (QED) is 0.872. The molecule has 1 amide bonds. The van der Waals surface area contributed by atoms with Crippen LogP contribution in [0.4, 0.5) is 5.13 Å². The number of nitrogens with zero attached hydrogens (tertiary/aromatic N) is 2. The van der Waals surface area contributed by atoms with Gasteiger partial charge in [-0.2, -0.15) is 0 Å². The second-order valence-electron chi connectivity index (χ2n) is 5.41. The third-order valence-corrected chi connectivity index (χ3v) is 4.89. The maximum Gasteiger partial charge on any atom is 0.226 e. The molecule has 6 heteroatoms. The highest BCUT2D eigenvalue weighted by atomic mass is 32.1. The van der Waals surface area contributed by atoms with Gasteiger partial charge in [-0.3, -0.25) is 4.79 Å². The van der Waals surface area contributed by atoms with E-state index in [1.165, 1.54) is 43.4 Å². The lowest BCUT2D eigenvalue weighted by atomic mass is 9.86. The highest BCUT2D eigenvalue weighted by Gasteiger charge is 2.16. The summed E-state index contributed by atoms with van der Waals surface area (Å²) < 4.78 is 5.18. The molecule has 0 aromatic carbocycles. The third kappa shape index (κ3) is 4.52. The van der Waals surface area contributed by atoms with E-state index in [2.05, 4.69) is 15.5 Å². The summed E-state index contributed by atoms with van der Waals surface area (Å²) in [7, 11) is 1.63. The number of hydrogen-bond donors (Lipinski definition) is 1. The number of ether oxygens (including phenoxy) is 1. The van der Waals surface area contributed by atoms with E-state index in [0.717, 1.165) is 17.3 Å². The van der Waals surface area contributed by atoms with Gasteiger partial charge >= 0.3 is 0 Å². The molecule has 1 aromatic rings. The Bertz CT molecular complexity index is 430. The Morgan fingerprint density at radius 2 is 2.15 bits per heavy atom. The number of carbonyl (C=O) groups excluding carboxylic acids is 1. The zero-order valence-electron chi connectivity index (χ0n) is 12.2. The number of amides is 1. The van der Waals surface area contributed by atoms with Crippen LogP contribution in [0.1, 0.15) is 63.0 Å². The zero-order valence-corrected chi connectivity index (χ0v) is 13.0. The highest BCUT2D eigenvalue weighted by Crippen LogP contribution is 2.28. The molecule has 1 atom stereocenters. The molecule has 1 N–H and O–H groups in total. The van der Waals surface area contributed by atoms with Gasteiger partial charge in [-0.25, -0.2) is 0 Å². The van der Waals surface area contributed by atoms with Crippen molar-refractivity contribution in [1.29, 1.82) is 0 Å². The fraction of sp³-hybridized carbons (Fsp3) is 0.786. The SMILES string of the molecule is COC(C)c1nnc(NC(=O)CCC2CCCCC2)s1. The van der Waals surface area contributed by atoms with Crippen molar-refractivity contribution in [3.8, 4) is 0 Å².